The Hall–Kier alpha value is -0.860. The van der Waals surface area contributed by atoms with Gasteiger partial charge in [-0.1, -0.05) is 0 Å². The van der Waals surface area contributed by atoms with Gasteiger partial charge in [0.25, 0.3) is 0 Å². The highest BCUT2D eigenvalue weighted by molar-refractivity contribution is 7.30. The molecule has 0 saturated carbocycles. The van der Waals surface area contributed by atoms with Crippen molar-refractivity contribution in [2.24, 2.45) is 0 Å². The second-order valence-corrected chi connectivity index (χ2v) is 3.37. The van der Waals surface area contributed by atoms with E-state index in [1.165, 1.54) is 0 Å². The number of thiophene rings is 1. The van der Waals surface area contributed by atoms with Crippen molar-refractivity contribution in [3.8, 4) is 0 Å². The topological polar surface area (TPSA) is 23.1 Å². The quantitative estimate of drug-likeness (QED) is 0.527. The lowest BCUT2D eigenvalue weighted by Gasteiger charge is -1.86. The van der Waals surface area contributed by atoms with Gasteiger partial charge in [0, 0.05) is 11.5 Å². The number of hydrogen-bond donors (Lipinski definition) is 0. The Morgan fingerprint density at radius 3 is 3.10 bits per heavy atom. The molecule has 1 atom stereocenters. The van der Waals surface area contributed by atoms with Crippen molar-refractivity contribution in [2.75, 3.05) is 0 Å². The third-order valence-electron chi connectivity index (χ3n) is 1.44. The Bertz CT molecular complexity index is 351. The van der Waals surface area contributed by atoms with Crippen LogP contribution in [0.5, 0.6) is 0 Å². The first-order valence-electron chi connectivity index (χ1n) is 2.97. The average Bonchev–Trinajstić information content (AvgIpc) is 2.34. The van der Waals surface area contributed by atoms with E-state index in [9.17, 15) is 4.55 Å². The monoisotopic (exact) mass is 149 g/mol. The first-order chi connectivity index (χ1) is 4.88. The predicted octanol–water partition coefficient (Wildman–Crippen LogP) is 2.37. The molecule has 1 unspecified atom stereocenters. The lowest BCUT2D eigenvalue weighted by Crippen LogP contribution is -1.60. The van der Waals surface area contributed by atoms with Gasteiger partial charge in [0.1, 0.15) is 5.38 Å². The molecule has 1 heterocycles. The summed E-state index contributed by atoms with van der Waals surface area (Å²) in [6.45, 7) is 0. The number of fused-ring (bicyclic) bond motifs is 1. The van der Waals surface area contributed by atoms with E-state index in [-0.39, 0.29) is 0 Å². The highest BCUT2D eigenvalue weighted by Gasteiger charge is 2.00. The summed E-state index contributed by atoms with van der Waals surface area (Å²) >= 11 is 0. The maximum Gasteiger partial charge on any atom is 0.179 e. The molecule has 0 aliphatic heterocycles. The van der Waals surface area contributed by atoms with Crippen molar-refractivity contribution in [1.29, 1.82) is 0 Å². The molecular formula is C8H5OS. The zero-order valence-electron chi connectivity index (χ0n) is 5.20. The molecule has 0 fully saturated rings. The van der Waals surface area contributed by atoms with Crippen LogP contribution in [0.15, 0.2) is 29.6 Å². The van der Waals surface area contributed by atoms with E-state index >= 15 is 0 Å². The summed E-state index contributed by atoms with van der Waals surface area (Å²) in [4.78, 5) is 0. The van der Waals surface area contributed by atoms with Crippen LogP contribution >= 0.6 is 10.8 Å². The molecule has 10 heavy (non-hydrogen) atoms. The zero-order valence-corrected chi connectivity index (χ0v) is 6.02. The van der Waals surface area contributed by atoms with E-state index in [1.54, 1.807) is 11.4 Å². The van der Waals surface area contributed by atoms with Gasteiger partial charge in [0.15, 0.2) is 4.70 Å². The van der Waals surface area contributed by atoms with Gasteiger partial charge in [-0.3, -0.25) is 0 Å². The Morgan fingerprint density at radius 2 is 2.30 bits per heavy atom. The van der Waals surface area contributed by atoms with Crippen molar-refractivity contribution < 1.29 is 4.55 Å². The van der Waals surface area contributed by atoms with Crippen LogP contribution in [-0.4, -0.2) is 4.55 Å². The lowest BCUT2D eigenvalue weighted by molar-refractivity contribution is 0.600. The maximum atomic E-state index is 11.1. The molecular weight excluding hydrogens is 144 g/mol. The van der Waals surface area contributed by atoms with Gasteiger partial charge in [-0.25, -0.2) is 0 Å². The molecule has 49 valence electrons. The van der Waals surface area contributed by atoms with Crippen LogP contribution in [0, 0.1) is 6.07 Å². The summed E-state index contributed by atoms with van der Waals surface area (Å²) in [5.74, 6) is 0. The van der Waals surface area contributed by atoms with Crippen LogP contribution in [-0.2, 0) is 0 Å². The van der Waals surface area contributed by atoms with Crippen LogP contribution in [0.25, 0.3) is 10.1 Å². The number of benzene rings is 1. The summed E-state index contributed by atoms with van der Waals surface area (Å²) in [6.07, 6.45) is 0. The van der Waals surface area contributed by atoms with Gasteiger partial charge in [0.05, 0.1) is 0 Å². The summed E-state index contributed by atoms with van der Waals surface area (Å²) < 4.78 is 12.0. The second kappa shape index (κ2) is 2.08. The fourth-order valence-electron chi connectivity index (χ4n) is 0.951. The minimum atomic E-state index is -0.898. The molecule has 1 radical (unpaired) electrons. The molecule has 0 saturated heterocycles. The SMILES string of the molecule is [O-][s+]1ccc2c[c]ccc21. The highest BCUT2D eigenvalue weighted by Crippen LogP contribution is 2.26. The maximum absolute atomic E-state index is 11.1. The van der Waals surface area contributed by atoms with Crippen molar-refractivity contribution in [1.82, 2.24) is 0 Å². The van der Waals surface area contributed by atoms with Gasteiger partial charge in [0.2, 0.25) is 0 Å². The molecule has 0 aliphatic carbocycles. The van der Waals surface area contributed by atoms with Crippen LogP contribution < -0.4 is 0 Å². The highest BCUT2D eigenvalue weighted by atomic mass is 32.2. The zero-order chi connectivity index (χ0) is 6.97. The molecule has 2 aromatic rings. The normalized spacial score (nSPS) is 12.3. The Balaban J connectivity index is 2.93. The van der Waals surface area contributed by atoms with E-state index in [1.807, 2.05) is 18.2 Å². The number of rotatable bonds is 0. The van der Waals surface area contributed by atoms with E-state index in [0.29, 0.717) is 0 Å². The first kappa shape index (κ1) is 5.89. The summed E-state index contributed by atoms with van der Waals surface area (Å²) in [5, 5.41) is 2.72. The first-order valence-corrected chi connectivity index (χ1v) is 4.18. The van der Waals surface area contributed by atoms with Crippen LogP contribution in [0.4, 0.5) is 0 Å². The predicted molar refractivity (Wildman–Crippen MR) is 41.4 cm³/mol. The third kappa shape index (κ3) is 0.735. The van der Waals surface area contributed by atoms with Crippen molar-refractivity contribution in [2.45, 2.75) is 0 Å². The Labute approximate surface area is 61.7 Å². The molecule has 0 N–H and O–H groups in total. The van der Waals surface area contributed by atoms with Crippen LogP contribution in [0.2, 0.25) is 0 Å². The summed E-state index contributed by atoms with van der Waals surface area (Å²) in [7, 11) is -0.898. The smallest absolute Gasteiger partial charge is 0.179 e. The third-order valence-corrected chi connectivity index (χ3v) is 2.63. The van der Waals surface area contributed by atoms with E-state index in [2.05, 4.69) is 6.07 Å². The molecule has 2 heteroatoms. The Kier molecular flexibility index (Phi) is 1.22. The molecule has 1 aromatic carbocycles. The molecule has 1 aromatic heterocycles. The van der Waals surface area contributed by atoms with E-state index in [4.69, 9.17) is 0 Å². The lowest BCUT2D eigenvalue weighted by atomic mass is 10.3. The molecule has 0 amide bonds. The second-order valence-electron chi connectivity index (χ2n) is 2.06. The van der Waals surface area contributed by atoms with E-state index in [0.717, 1.165) is 10.1 Å². The fourth-order valence-corrected chi connectivity index (χ4v) is 1.93. The molecule has 0 spiro atoms. The van der Waals surface area contributed by atoms with Gasteiger partial charge in [-0.15, -0.1) is 0 Å². The molecule has 1 nitrogen and oxygen atoms in total. The average molecular weight is 149 g/mol. The van der Waals surface area contributed by atoms with Gasteiger partial charge in [-0.2, -0.15) is 0 Å². The fraction of sp³-hybridized carbons (Fsp3) is 0. The van der Waals surface area contributed by atoms with Crippen LogP contribution in [0.1, 0.15) is 0 Å². The van der Waals surface area contributed by atoms with Crippen molar-refractivity contribution in [3.05, 3.63) is 35.7 Å². The molecule has 0 bridgehead atoms. The Morgan fingerprint density at radius 1 is 1.40 bits per heavy atom. The minimum absolute atomic E-state index is 0.898. The molecule has 0 aliphatic rings. The van der Waals surface area contributed by atoms with E-state index < -0.39 is 10.8 Å². The standard InChI is InChI=1S/C8H5OS/c9-10-6-5-7-3-1-2-4-8(7)10/h2-6H. The summed E-state index contributed by atoms with van der Waals surface area (Å²) in [6, 6.07) is 10.3. The minimum Gasteiger partial charge on any atom is -0.590 e. The van der Waals surface area contributed by atoms with Gasteiger partial charge < -0.3 is 4.55 Å². The van der Waals surface area contributed by atoms with Gasteiger partial charge in [-0.05, 0) is 35.0 Å². The van der Waals surface area contributed by atoms with Crippen molar-refractivity contribution >= 4 is 20.8 Å². The van der Waals surface area contributed by atoms with Gasteiger partial charge >= 0.3 is 0 Å². The molecule has 2 rings (SSSR count). The largest absolute Gasteiger partial charge is 0.590 e. The number of hydrogen-bond acceptors (Lipinski definition) is 1. The van der Waals surface area contributed by atoms with Crippen molar-refractivity contribution in [3.63, 3.8) is 0 Å². The van der Waals surface area contributed by atoms with Crippen LogP contribution in [0.3, 0.4) is 0 Å². The summed E-state index contributed by atoms with van der Waals surface area (Å²) in [5.41, 5.74) is 0.